The van der Waals surface area contributed by atoms with E-state index in [4.69, 9.17) is 11.6 Å². The molecule has 2 N–H and O–H groups in total. The number of hydrogen-bond donors (Lipinski definition) is 2. The van der Waals surface area contributed by atoms with E-state index in [1.165, 1.54) is 0 Å². The molecule has 0 bridgehead atoms. The van der Waals surface area contributed by atoms with Gasteiger partial charge in [-0.3, -0.25) is 9.59 Å². The van der Waals surface area contributed by atoms with Crippen LogP contribution in [0.15, 0.2) is 89.8 Å². The van der Waals surface area contributed by atoms with Crippen LogP contribution in [-0.4, -0.2) is 33.1 Å². The van der Waals surface area contributed by atoms with E-state index in [2.05, 4.69) is 17.0 Å². The van der Waals surface area contributed by atoms with Gasteiger partial charge >= 0.3 is 0 Å². The minimum absolute atomic E-state index is 0.00767. The zero-order chi connectivity index (χ0) is 28.2. The number of fused-ring (bicyclic) bond motifs is 3. The van der Waals surface area contributed by atoms with Crippen molar-refractivity contribution in [2.45, 2.75) is 44.2 Å². The van der Waals surface area contributed by atoms with Crippen LogP contribution in [0.25, 0.3) is 21.8 Å². The maximum absolute atomic E-state index is 13.5. The van der Waals surface area contributed by atoms with Crippen LogP contribution in [-0.2, 0) is 13.0 Å². The smallest absolute Gasteiger partial charge is 0.193 e. The summed E-state index contributed by atoms with van der Waals surface area (Å²) < 4.78 is 2.19. The number of nitrogens with one attached hydrogen (secondary N) is 1. The summed E-state index contributed by atoms with van der Waals surface area (Å²) in [7, 11) is 0. The second kappa shape index (κ2) is 12.4. The Hall–Kier alpha value is -3.42. The molecule has 1 aromatic heterocycles. The molecule has 1 unspecified atom stereocenters. The van der Waals surface area contributed by atoms with Gasteiger partial charge in [-0.15, -0.1) is 11.8 Å². The molecular weight excluding hydrogens is 540 g/mol. The van der Waals surface area contributed by atoms with Crippen molar-refractivity contribution < 1.29 is 14.8 Å². The standard InChI is InChI=1S/C33H31ClN2O3S/c1-3-21-7-5-6-8-26(21)32(37)22-9-15-30-27(19-22)28-20-23(10-16-31(28)36(30)4-2)33(38)29(35-39)17-18-40-25-13-11-24(34)12-14-25/h5-16,19-20,29,35,39H,3-4,17-18H2,1-2H3. The lowest BCUT2D eigenvalue weighted by Gasteiger charge is -2.14. The zero-order valence-electron chi connectivity index (χ0n) is 22.5. The normalized spacial score (nSPS) is 12.2. The number of ketones is 2. The van der Waals surface area contributed by atoms with Gasteiger partial charge < -0.3 is 9.77 Å². The quantitative estimate of drug-likeness (QED) is 0.0957. The van der Waals surface area contributed by atoms with Gasteiger partial charge in [-0.25, -0.2) is 0 Å². The van der Waals surface area contributed by atoms with Crippen molar-refractivity contribution in [2.24, 2.45) is 0 Å². The van der Waals surface area contributed by atoms with Crippen molar-refractivity contribution in [3.63, 3.8) is 0 Å². The van der Waals surface area contributed by atoms with Gasteiger partial charge in [0.15, 0.2) is 11.6 Å². The molecule has 0 aliphatic carbocycles. The first kappa shape index (κ1) is 28.1. The topological polar surface area (TPSA) is 71.3 Å². The van der Waals surface area contributed by atoms with Crippen molar-refractivity contribution >= 4 is 56.7 Å². The lowest BCUT2D eigenvalue weighted by atomic mass is 9.95. The third-order valence-corrected chi connectivity index (χ3v) is 8.63. The first-order chi connectivity index (χ1) is 19.4. The number of benzene rings is 4. The number of carbonyl (C=O) groups excluding carboxylic acids is 2. The van der Waals surface area contributed by atoms with E-state index >= 15 is 0 Å². The summed E-state index contributed by atoms with van der Waals surface area (Å²) in [4.78, 5) is 28.0. The third kappa shape index (κ3) is 5.58. The highest BCUT2D eigenvalue weighted by Gasteiger charge is 2.22. The van der Waals surface area contributed by atoms with Gasteiger partial charge in [0.2, 0.25) is 0 Å². The number of hydroxylamine groups is 1. The van der Waals surface area contributed by atoms with E-state index in [1.54, 1.807) is 11.8 Å². The van der Waals surface area contributed by atoms with Crippen molar-refractivity contribution in [2.75, 3.05) is 5.75 Å². The number of rotatable bonds is 11. The maximum Gasteiger partial charge on any atom is 0.193 e. The average molecular weight is 571 g/mol. The van der Waals surface area contributed by atoms with Crippen LogP contribution in [0, 0.1) is 0 Å². The summed E-state index contributed by atoms with van der Waals surface area (Å²) in [5.74, 6) is 0.461. The molecule has 5 rings (SSSR count). The van der Waals surface area contributed by atoms with Crippen LogP contribution in [0.1, 0.15) is 52.1 Å². The molecule has 0 spiro atoms. The fraction of sp³-hybridized carbons (Fsp3) is 0.212. The molecule has 40 heavy (non-hydrogen) atoms. The van der Waals surface area contributed by atoms with E-state index < -0.39 is 6.04 Å². The molecule has 5 aromatic rings. The molecular formula is C33H31ClN2O3S. The number of hydrogen-bond acceptors (Lipinski definition) is 5. The summed E-state index contributed by atoms with van der Waals surface area (Å²) in [6, 6.07) is 26.0. The molecule has 0 aliphatic heterocycles. The Morgan fingerprint density at radius 2 is 1.55 bits per heavy atom. The Morgan fingerprint density at radius 3 is 2.20 bits per heavy atom. The van der Waals surface area contributed by atoms with Crippen molar-refractivity contribution in [1.82, 2.24) is 10.0 Å². The predicted octanol–water partition coefficient (Wildman–Crippen LogP) is 7.97. The van der Waals surface area contributed by atoms with E-state index in [9.17, 15) is 14.8 Å². The van der Waals surface area contributed by atoms with E-state index in [0.717, 1.165) is 45.2 Å². The first-order valence-corrected chi connectivity index (χ1v) is 14.8. The van der Waals surface area contributed by atoms with E-state index in [-0.39, 0.29) is 11.6 Å². The molecule has 1 atom stereocenters. The maximum atomic E-state index is 13.5. The van der Waals surface area contributed by atoms with Crippen LogP contribution in [0.5, 0.6) is 0 Å². The summed E-state index contributed by atoms with van der Waals surface area (Å²) in [5.41, 5.74) is 7.10. The van der Waals surface area contributed by atoms with Crippen LogP contribution in [0.3, 0.4) is 0 Å². The molecule has 0 aliphatic rings. The first-order valence-electron chi connectivity index (χ1n) is 13.5. The minimum atomic E-state index is -0.737. The highest BCUT2D eigenvalue weighted by Crippen LogP contribution is 2.32. The van der Waals surface area contributed by atoms with Crippen molar-refractivity contribution in [1.29, 1.82) is 0 Å². The second-order valence-electron chi connectivity index (χ2n) is 9.68. The minimum Gasteiger partial charge on any atom is -0.341 e. The van der Waals surface area contributed by atoms with E-state index in [1.807, 2.05) is 91.9 Å². The predicted molar refractivity (Wildman–Crippen MR) is 164 cm³/mol. The second-order valence-corrected chi connectivity index (χ2v) is 11.3. The SMILES string of the molecule is CCc1ccccc1C(=O)c1ccc2c(c1)c1cc(C(=O)C(CCSc3ccc(Cl)cc3)NO)ccc1n2CC. The van der Waals surface area contributed by atoms with Crippen molar-refractivity contribution in [3.8, 4) is 0 Å². The lowest BCUT2D eigenvalue weighted by molar-refractivity contribution is 0.0760. The summed E-state index contributed by atoms with van der Waals surface area (Å²) >= 11 is 7.57. The Bertz CT molecular complexity index is 1690. The number of Topliss-reactive ketones (excluding diaryl/α,β-unsaturated/α-hetero) is 1. The summed E-state index contributed by atoms with van der Waals surface area (Å²) in [5, 5.41) is 12.3. The third-order valence-electron chi connectivity index (χ3n) is 7.33. The molecule has 0 fully saturated rings. The monoisotopic (exact) mass is 570 g/mol. The van der Waals surface area contributed by atoms with Crippen molar-refractivity contribution in [3.05, 3.63) is 112 Å². The number of carbonyl (C=O) groups is 2. The molecule has 4 aromatic carbocycles. The van der Waals surface area contributed by atoms with Gasteiger partial charge in [0, 0.05) is 60.7 Å². The Balaban J connectivity index is 1.46. The molecule has 0 saturated carbocycles. The van der Waals surface area contributed by atoms with Gasteiger partial charge in [0.25, 0.3) is 0 Å². The number of aryl methyl sites for hydroxylation is 2. The summed E-state index contributed by atoms with van der Waals surface area (Å²) in [6.07, 6.45) is 1.23. The Labute approximate surface area is 243 Å². The largest absolute Gasteiger partial charge is 0.341 e. The Morgan fingerprint density at radius 1 is 0.900 bits per heavy atom. The number of aromatic nitrogens is 1. The fourth-order valence-electron chi connectivity index (χ4n) is 5.23. The Kier molecular flexibility index (Phi) is 8.72. The van der Waals surface area contributed by atoms with Crippen LogP contribution >= 0.6 is 23.4 Å². The van der Waals surface area contributed by atoms with Gasteiger partial charge in [0.05, 0.1) is 6.04 Å². The molecule has 5 nitrogen and oxygen atoms in total. The zero-order valence-corrected chi connectivity index (χ0v) is 24.1. The van der Waals surface area contributed by atoms with Gasteiger partial charge in [0.1, 0.15) is 0 Å². The number of thioether (sulfide) groups is 1. The molecule has 0 amide bonds. The summed E-state index contributed by atoms with van der Waals surface area (Å²) in [6.45, 7) is 4.88. The van der Waals surface area contributed by atoms with Gasteiger partial charge in [-0.05, 0) is 86.0 Å². The van der Waals surface area contributed by atoms with Gasteiger partial charge in [-0.2, -0.15) is 5.48 Å². The fourth-order valence-corrected chi connectivity index (χ4v) is 6.27. The van der Waals surface area contributed by atoms with Crippen LogP contribution in [0.2, 0.25) is 5.02 Å². The van der Waals surface area contributed by atoms with E-state index in [0.29, 0.717) is 33.9 Å². The highest BCUT2D eigenvalue weighted by atomic mass is 35.5. The van der Waals surface area contributed by atoms with Crippen LogP contribution in [0.4, 0.5) is 0 Å². The average Bonchev–Trinajstić information content (AvgIpc) is 3.31. The number of halogens is 1. The highest BCUT2D eigenvalue weighted by molar-refractivity contribution is 7.99. The molecule has 1 heterocycles. The lowest BCUT2D eigenvalue weighted by Crippen LogP contribution is -2.35. The molecule has 204 valence electrons. The van der Waals surface area contributed by atoms with Gasteiger partial charge in [-0.1, -0.05) is 42.8 Å². The molecule has 0 saturated heterocycles. The number of nitrogens with zero attached hydrogens (tertiary/aromatic N) is 1. The molecule has 7 heteroatoms. The van der Waals surface area contributed by atoms with Crippen LogP contribution < -0.4 is 5.48 Å². The molecule has 0 radical (unpaired) electrons.